The zero-order chi connectivity index (χ0) is 16.2. The number of hydrogen-bond acceptors (Lipinski definition) is 5. The van der Waals surface area contributed by atoms with Crippen molar-refractivity contribution in [2.75, 3.05) is 11.9 Å². The number of fused-ring (bicyclic) bond motifs is 1. The Hall–Kier alpha value is -3.15. The molecule has 6 nitrogen and oxygen atoms in total. The summed E-state index contributed by atoms with van der Waals surface area (Å²) in [4.78, 5) is 19.8. The average Bonchev–Trinajstić information content (AvgIpc) is 2.56. The highest BCUT2D eigenvalue weighted by Gasteiger charge is 2.15. The van der Waals surface area contributed by atoms with Crippen molar-refractivity contribution >= 4 is 28.4 Å². The summed E-state index contributed by atoms with van der Waals surface area (Å²) < 4.78 is 5.58. The molecule has 0 spiro atoms. The molecule has 0 saturated heterocycles. The predicted octanol–water partition coefficient (Wildman–Crippen LogP) is 3.47. The smallest absolute Gasteiger partial charge is 0.336 e. The van der Waals surface area contributed by atoms with E-state index < -0.39 is 5.97 Å². The van der Waals surface area contributed by atoms with Gasteiger partial charge in [0.25, 0.3) is 0 Å². The summed E-state index contributed by atoms with van der Waals surface area (Å²) >= 11 is 0. The topological polar surface area (TPSA) is 84.3 Å². The molecular weight excluding hydrogens is 294 g/mol. The van der Waals surface area contributed by atoms with E-state index >= 15 is 0 Å². The van der Waals surface area contributed by atoms with Crippen LogP contribution in [0.4, 0.5) is 11.5 Å². The molecule has 0 amide bonds. The quantitative estimate of drug-likeness (QED) is 0.750. The molecule has 2 N–H and O–H groups in total. The molecule has 2 aromatic carbocycles. The Morgan fingerprint density at radius 2 is 2.00 bits per heavy atom. The molecule has 23 heavy (non-hydrogen) atoms. The maximum Gasteiger partial charge on any atom is 0.336 e. The largest absolute Gasteiger partial charge is 0.492 e. The van der Waals surface area contributed by atoms with Gasteiger partial charge >= 0.3 is 5.97 Å². The highest BCUT2D eigenvalue weighted by Crippen LogP contribution is 2.31. The summed E-state index contributed by atoms with van der Waals surface area (Å²) in [5.41, 5.74) is 1.44. The number of nitrogens with one attached hydrogen (secondary N) is 1. The lowest BCUT2D eigenvalue weighted by Gasteiger charge is -2.13. The lowest BCUT2D eigenvalue weighted by atomic mass is 10.1. The third-order valence-electron chi connectivity index (χ3n) is 3.33. The van der Waals surface area contributed by atoms with Crippen molar-refractivity contribution in [2.24, 2.45) is 0 Å². The molecule has 3 rings (SSSR count). The molecule has 3 aromatic rings. The Kier molecular flexibility index (Phi) is 4.05. The summed E-state index contributed by atoms with van der Waals surface area (Å²) in [5.74, 6) is 0.0845. The van der Waals surface area contributed by atoms with Gasteiger partial charge in [-0.1, -0.05) is 18.2 Å². The maximum absolute atomic E-state index is 11.5. The van der Waals surface area contributed by atoms with E-state index in [2.05, 4.69) is 15.3 Å². The molecular formula is C17H15N3O3. The van der Waals surface area contributed by atoms with Gasteiger partial charge in [-0.05, 0) is 31.2 Å². The fourth-order valence-electron chi connectivity index (χ4n) is 2.36. The lowest BCUT2D eigenvalue weighted by Crippen LogP contribution is -2.04. The van der Waals surface area contributed by atoms with Gasteiger partial charge in [0.15, 0.2) is 0 Å². The van der Waals surface area contributed by atoms with E-state index in [1.807, 2.05) is 31.2 Å². The van der Waals surface area contributed by atoms with Crippen LogP contribution in [0.15, 0.2) is 48.8 Å². The lowest BCUT2D eigenvalue weighted by molar-refractivity contribution is 0.0699. The summed E-state index contributed by atoms with van der Waals surface area (Å²) in [6, 6.07) is 12.4. The van der Waals surface area contributed by atoms with E-state index in [1.165, 1.54) is 12.4 Å². The Bertz CT molecular complexity index is 859. The molecule has 1 aromatic heterocycles. The van der Waals surface area contributed by atoms with Gasteiger partial charge in [0, 0.05) is 0 Å². The molecule has 0 aliphatic rings. The van der Waals surface area contributed by atoms with Crippen LogP contribution in [-0.2, 0) is 0 Å². The zero-order valence-corrected chi connectivity index (χ0v) is 12.5. The van der Waals surface area contributed by atoms with Crippen molar-refractivity contribution in [2.45, 2.75) is 6.92 Å². The van der Waals surface area contributed by atoms with Crippen LogP contribution < -0.4 is 10.1 Å². The van der Waals surface area contributed by atoms with Crippen molar-refractivity contribution in [3.8, 4) is 5.75 Å². The van der Waals surface area contributed by atoms with Gasteiger partial charge < -0.3 is 15.2 Å². The summed E-state index contributed by atoms with van der Waals surface area (Å²) in [5, 5.41) is 13.0. The molecule has 0 aliphatic carbocycles. The van der Waals surface area contributed by atoms with Gasteiger partial charge in [-0.2, -0.15) is 0 Å². The van der Waals surface area contributed by atoms with E-state index in [0.29, 0.717) is 29.1 Å². The number of ether oxygens (including phenoxy) is 1. The number of carboxylic acids is 1. The number of carboxylic acid groups (broad SMARTS) is 1. The van der Waals surface area contributed by atoms with Crippen LogP contribution in [0.1, 0.15) is 17.3 Å². The van der Waals surface area contributed by atoms with E-state index in [9.17, 15) is 9.90 Å². The second-order valence-electron chi connectivity index (χ2n) is 4.78. The number of aromatic carboxylic acids is 1. The summed E-state index contributed by atoms with van der Waals surface area (Å²) in [6.45, 7) is 2.43. The van der Waals surface area contributed by atoms with Crippen molar-refractivity contribution in [1.29, 1.82) is 0 Å². The number of para-hydroxylation sites is 2. The molecule has 1 heterocycles. The minimum Gasteiger partial charge on any atom is -0.492 e. The highest BCUT2D eigenvalue weighted by molar-refractivity contribution is 6.07. The number of anilines is 2. The van der Waals surface area contributed by atoms with Gasteiger partial charge in [0.05, 0.1) is 28.8 Å². The van der Waals surface area contributed by atoms with Gasteiger partial charge in [0.1, 0.15) is 17.9 Å². The van der Waals surface area contributed by atoms with Gasteiger partial charge in [-0.15, -0.1) is 0 Å². The van der Waals surface area contributed by atoms with Crippen molar-refractivity contribution in [3.63, 3.8) is 0 Å². The van der Waals surface area contributed by atoms with Crippen LogP contribution in [0, 0.1) is 0 Å². The van der Waals surface area contributed by atoms with E-state index in [4.69, 9.17) is 4.74 Å². The number of benzene rings is 2. The number of rotatable bonds is 5. The number of carbonyl (C=O) groups is 1. The monoisotopic (exact) mass is 309 g/mol. The third kappa shape index (κ3) is 2.91. The van der Waals surface area contributed by atoms with E-state index in [0.717, 1.165) is 5.69 Å². The Morgan fingerprint density at radius 1 is 1.17 bits per heavy atom. The van der Waals surface area contributed by atoms with Crippen LogP contribution in [-0.4, -0.2) is 27.7 Å². The Balaban J connectivity index is 2.12. The molecule has 0 unspecified atom stereocenters. The first-order valence-electron chi connectivity index (χ1n) is 7.16. The fourth-order valence-corrected chi connectivity index (χ4v) is 2.36. The minimum absolute atomic E-state index is 0.152. The highest BCUT2D eigenvalue weighted by atomic mass is 16.5. The number of aromatic nitrogens is 2. The Morgan fingerprint density at radius 3 is 2.78 bits per heavy atom. The van der Waals surface area contributed by atoms with Gasteiger partial charge in [0.2, 0.25) is 0 Å². The van der Waals surface area contributed by atoms with Crippen LogP contribution >= 0.6 is 0 Å². The molecule has 0 saturated carbocycles. The third-order valence-corrected chi connectivity index (χ3v) is 3.33. The summed E-state index contributed by atoms with van der Waals surface area (Å²) in [7, 11) is 0. The second kappa shape index (κ2) is 6.31. The van der Waals surface area contributed by atoms with Crippen LogP contribution in [0.5, 0.6) is 5.75 Å². The first kappa shape index (κ1) is 14.8. The SMILES string of the molecule is CCOc1ccccc1Nc1ncnc2cccc(C(=O)O)c12. The minimum atomic E-state index is -1.02. The van der Waals surface area contributed by atoms with Crippen LogP contribution in [0.2, 0.25) is 0 Å². The number of nitrogens with zero attached hydrogens (tertiary/aromatic N) is 2. The summed E-state index contributed by atoms with van der Waals surface area (Å²) in [6.07, 6.45) is 1.40. The normalized spacial score (nSPS) is 10.5. The van der Waals surface area contributed by atoms with E-state index in [-0.39, 0.29) is 5.56 Å². The molecule has 0 radical (unpaired) electrons. The molecule has 0 fully saturated rings. The predicted molar refractivity (Wildman–Crippen MR) is 87.4 cm³/mol. The fraction of sp³-hybridized carbons (Fsp3) is 0.118. The van der Waals surface area contributed by atoms with Crippen LogP contribution in [0.3, 0.4) is 0 Å². The molecule has 0 bridgehead atoms. The van der Waals surface area contributed by atoms with E-state index in [1.54, 1.807) is 12.1 Å². The standard InChI is InChI=1S/C17H15N3O3/c1-2-23-14-9-4-3-7-12(14)20-16-15-11(17(21)22)6-5-8-13(15)18-10-19-16/h3-10H,2H2,1H3,(H,21,22)(H,18,19,20). The van der Waals surface area contributed by atoms with Crippen molar-refractivity contribution < 1.29 is 14.6 Å². The molecule has 0 aliphatic heterocycles. The number of hydrogen-bond donors (Lipinski definition) is 2. The maximum atomic E-state index is 11.5. The van der Waals surface area contributed by atoms with Crippen molar-refractivity contribution in [3.05, 3.63) is 54.4 Å². The molecule has 0 atom stereocenters. The Labute approximate surface area is 132 Å². The molecule has 116 valence electrons. The van der Waals surface area contributed by atoms with Gasteiger partial charge in [-0.25, -0.2) is 14.8 Å². The average molecular weight is 309 g/mol. The molecule has 6 heteroatoms. The first-order valence-corrected chi connectivity index (χ1v) is 7.16. The van der Waals surface area contributed by atoms with Gasteiger partial charge in [-0.3, -0.25) is 0 Å². The second-order valence-corrected chi connectivity index (χ2v) is 4.78. The first-order chi connectivity index (χ1) is 11.2. The van der Waals surface area contributed by atoms with Crippen LogP contribution in [0.25, 0.3) is 10.9 Å². The van der Waals surface area contributed by atoms with Crippen molar-refractivity contribution in [1.82, 2.24) is 9.97 Å². The zero-order valence-electron chi connectivity index (χ0n) is 12.5.